The van der Waals surface area contributed by atoms with Crippen molar-refractivity contribution < 1.29 is 12.6 Å². The summed E-state index contributed by atoms with van der Waals surface area (Å²) in [6.07, 6.45) is 2.69. The van der Waals surface area contributed by atoms with E-state index in [4.69, 9.17) is 4.18 Å². The number of rotatable bonds is 3. The van der Waals surface area contributed by atoms with E-state index in [1.165, 1.54) is 0 Å². The second kappa shape index (κ2) is 7.03. The maximum absolute atomic E-state index is 12.8. The molecule has 1 aliphatic carbocycles. The summed E-state index contributed by atoms with van der Waals surface area (Å²) in [6, 6.07) is 6.91. The van der Waals surface area contributed by atoms with Gasteiger partial charge in [0.2, 0.25) is 0 Å². The zero-order chi connectivity index (χ0) is 19.0. The Hall–Kier alpha value is -0.870. The summed E-state index contributed by atoms with van der Waals surface area (Å²) in [7, 11) is -3.74. The molecule has 1 aliphatic rings. The van der Waals surface area contributed by atoms with Gasteiger partial charge in [0.05, 0.1) is 11.0 Å². The van der Waals surface area contributed by atoms with Gasteiger partial charge in [0.1, 0.15) is 0 Å². The summed E-state index contributed by atoms with van der Waals surface area (Å²) < 4.78 is 31.5. The Kier molecular flexibility index (Phi) is 5.75. The lowest BCUT2D eigenvalue weighted by molar-refractivity contribution is -0.0119. The van der Waals surface area contributed by atoms with E-state index in [0.29, 0.717) is 5.92 Å². The molecular formula is C21H34O3S. The first-order valence-corrected chi connectivity index (χ1v) is 10.7. The standard InChI is InChI=1S/C21H34O3S/c1-15-8-11-17(12-9-15)25(22,23)24-19-14-16(20(2,3)4)10-13-18(19)21(5,6)7/h8-9,11-12,16,18-19H,10,13-14H2,1-7H3/t16-,18-,19+/m1/s1. The van der Waals surface area contributed by atoms with Gasteiger partial charge in [0.15, 0.2) is 0 Å². The summed E-state index contributed by atoms with van der Waals surface area (Å²) in [5.74, 6) is 0.718. The van der Waals surface area contributed by atoms with Crippen molar-refractivity contribution in [1.82, 2.24) is 0 Å². The van der Waals surface area contributed by atoms with Gasteiger partial charge in [-0.3, -0.25) is 4.18 Å². The van der Waals surface area contributed by atoms with Gasteiger partial charge in [-0.2, -0.15) is 8.42 Å². The highest BCUT2D eigenvalue weighted by Gasteiger charge is 2.43. The van der Waals surface area contributed by atoms with E-state index in [9.17, 15) is 8.42 Å². The first-order chi connectivity index (χ1) is 11.3. The molecule has 3 atom stereocenters. The minimum Gasteiger partial charge on any atom is -0.263 e. The number of aryl methyl sites for hydroxylation is 1. The van der Waals surface area contributed by atoms with Crippen LogP contribution < -0.4 is 0 Å². The molecule has 142 valence electrons. The monoisotopic (exact) mass is 366 g/mol. The molecule has 3 nitrogen and oxygen atoms in total. The Morgan fingerprint density at radius 2 is 1.48 bits per heavy atom. The van der Waals surface area contributed by atoms with Crippen LogP contribution in [0.4, 0.5) is 0 Å². The van der Waals surface area contributed by atoms with Gasteiger partial charge < -0.3 is 0 Å². The molecule has 1 fully saturated rings. The van der Waals surface area contributed by atoms with Crippen LogP contribution in [0.1, 0.15) is 66.4 Å². The van der Waals surface area contributed by atoms with Crippen molar-refractivity contribution >= 4 is 10.1 Å². The lowest BCUT2D eigenvalue weighted by atomic mass is 9.63. The fraction of sp³-hybridized carbons (Fsp3) is 0.714. The number of hydrogen-bond donors (Lipinski definition) is 0. The second-order valence-corrected chi connectivity index (χ2v) is 11.3. The lowest BCUT2D eigenvalue weighted by Gasteiger charge is -2.45. The van der Waals surface area contributed by atoms with E-state index in [0.717, 1.165) is 24.8 Å². The van der Waals surface area contributed by atoms with Gasteiger partial charge in [-0.05, 0) is 61.0 Å². The Morgan fingerprint density at radius 1 is 0.920 bits per heavy atom. The van der Waals surface area contributed by atoms with Gasteiger partial charge in [-0.1, -0.05) is 59.2 Å². The van der Waals surface area contributed by atoms with Crippen molar-refractivity contribution in [2.45, 2.75) is 78.7 Å². The maximum atomic E-state index is 12.8. The second-order valence-electron chi connectivity index (χ2n) is 9.75. The van der Waals surface area contributed by atoms with Crippen LogP contribution in [0.15, 0.2) is 29.2 Å². The molecule has 25 heavy (non-hydrogen) atoms. The molecule has 0 unspecified atom stereocenters. The quantitative estimate of drug-likeness (QED) is 0.656. The molecule has 2 rings (SSSR count). The molecule has 0 amide bonds. The summed E-state index contributed by atoms with van der Waals surface area (Å²) in [5.41, 5.74) is 1.23. The number of benzene rings is 1. The van der Waals surface area contributed by atoms with Crippen LogP contribution >= 0.6 is 0 Å². The molecule has 0 bridgehead atoms. The third kappa shape index (κ3) is 5.07. The lowest BCUT2D eigenvalue weighted by Crippen LogP contribution is -2.43. The van der Waals surface area contributed by atoms with Gasteiger partial charge in [-0.25, -0.2) is 0 Å². The van der Waals surface area contributed by atoms with Gasteiger partial charge in [0, 0.05) is 0 Å². The zero-order valence-corrected chi connectivity index (χ0v) is 17.6. The smallest absolute Gasteiger partial charge is 0.263 e. The average molecular weight is 367 g/mol. The van der Waals surface area contributed by atoms with E-state index < -0.39 is 10.1 Å². The minimum atomic E-state index is -3.74. The summed E-state index contributed by atoms with van der Waals surface area (Å²) in [6.45, 7) is 15.2. The third-order valence-electron chi connectivity index (χ3n) is 5.69. The van der Waals surface area contributed by atoms with Crippen LogP contribution in [0, 0.1) is 29.6 Å². The first kappa shape index (κ1) is 20.4. The molecule has 4 heteroatoms. The van der Waals surface area contributed by atoms with Crippen LogP contribution in [0.25, 0.3) is 0 Å². The zero-order valence-electron chi connectivity index (χ0n) is 16.8. The molecule has 0 heterocycles. The summed E-state index contributed by atoms with van der Waals surface area (Å²) in [4.78, 5) is 0.253. The van der Waals surface area contributed by atoms with E-state index in [1.54, 1.807) is 12.1 Å². The molecule has 1 saturated carbocycles. The largest absolute Gasteiger partial charge is 0.297 e. The summed E-state index contributed by atoms with van der Waals surface area (Å²) in [5, 5.41) is 0. The Balaban J connectivity index is 2.28. The summed E-state index contributed by atoms with van der Waals surface area (Å²) >= 11 is 0. The highest BCUT2D eigenvalue weighted by atomic mass is 32.2. The molecule has 1 aromatic carbocycles. The fourth-order valence-corrected chi connectivity index (χ4v) is 5.05. The van der Waals surface area contributed by atoms with E-state index >= 15 is 0 Å². The highest BCUT2D eigenvalue weighted by molar-refractivity contribution is 7.86. The predicted molar refractivity (Wildman–Crippen MR) is 103 cm³/mol. The fourth-order valence-electron chi connectivity index (χ4n) is 3.94. The highest BCUT2D eigenvalue weighted by Crippen LogP contribution is 2.47. The molecule has 0 aliphatic heterocycles. The van der Waals surface area contributed by atoms with Crippen molar-refractivity contribution in [2.24, 2.45) is 22.7 Å². The van der Waals surface area contributed by atoms with Crippen LogP contribution in [0.2, 0.25) is 0 Å². The topological polar surface area (TPSA) is 43.4 Å². The van der Waals surface area contributed by atoms with Crippen LogP contribution in [0.5, 0.6) is 0 Å². The molecule has 1 aromatic rings. The molecule has 0 aromatic heterocycles. The molecule has 0 N–H and O–H groups in total. The maximum Gasteiger partial charge on any atom is 0.297 e. The van der Waals surface area contributed by atoms with Gasteiger partial charge in [0.25, 0.3) is 10.1 Å². The third-order valence-corrected chi connectivity index (χ3v) is 7.04. The van der Waals surface area contributed by atoms with Crippen molar-refractivity contribution in [3.05, 3.63) is 29.8 Å². The minimum absolute atomic E-state index is 0.0241. The number of hydrogen-bond acceptors (Lipinski definition) is 3. The van der Waals surface area contributed by atoms with Crippen LogP contribution in [-0.2, 0) is 14.3 Å². The average Bonchev–Trinajstić information content (AvgIpc) is 2.45. The Labute approximate surface area is 154 Å². The Morgan fingerprint density at radius 3 is 1.96 bits per heavy atom. The van der Waals surface area contributed by atoms with E-state index in [-0.39, 0.29) is 27.7 Å². The normalized spacial score (nSPS) is 25.8. The van der Waals surface area contributed by atoms with E-state index in [2.05, 4.69) is 41.5 Å². The molecule has 0 spiro atoms. The van der Waals surface area contributed by atoms with E-state index in [1.807, 2.05) is 19.1 Å². The van der Waals surface area contributed by atoms with Crippen LogP contribution in [0.3, 0.4) is 0 Å². The van der Waals surface area contributed by atoms with Crippen molar-refractivity contribution in [3.63, 3.8) is 0 Å². The van der Waals surface area contributed by atoms with Crippen molar-refractivity contribution in [1.29, 1.82) is 0 Å². The van der Waals surface area contributed by atoms with Crippen molar-refractivity contribution in [2.75, 3.05) is 0 Å². The molecule has 0 saturated heterocycles. The van der Waals surface area contributed by atoms with Gasteiger partial charge in [-0.15, -0.1) is 0 Å². The van der Waals surface area contributed by atoms with Crippen molar-refractivity contribution in [3.8, 4) is 0 Å². The molecular weight excluding hydrogens is 332 g/mol. The van der Waals surface area contributed by atoms with Gasteiger partial charge >= 0.3 is 0 Å². The van der Waals surface area contributed by atoms with Crippen LogP contribution in [-0.4, -0.2) is 14.5 Å². The first-order valence-electron chi connectivity index (χ1n) is 9.30. The predicted octanol–water partition coefficient (Wildman–Crippen LogP) is 5.58. The molecule has 0 radical (unpaired) electrons. The SMILES string of the molecule is Cc1ccc(S(=O)(=O)O[C@H]2C[C@H](C(C)(C)C)CC[C@H]2C(C)(C)C)cc1. The Bertz CT molecular complexity index is 675.